The topological polar surface area (TPSA) is 227 Å². The Balaban J connectivity index is 1.90. The van der Waals surface area contributed by atoms with Gasteiger partial charge in [0.05, 0.1) is 19.2 Å². The average Bonchev–Trinajstić information content (AvgIpc) is 2.86. The van der Waals surface area contributed by atoms with Gasteiger partial charge >= 0.3 is 5.69 Å². The first kappa shape index (κ1) is 27.4. The number of H-pyrrole nitrogens is 1. The molecule has 0 unspecified atom stereocenters. The molecular formula is C20H31N7O9. The number of amides is 3. The van der Waals surface area contributed by atoms with Crippen molar-refractivity contribution in [2.24, 2.45) is 0 Å². The van der Waals surface area contributed by atoms with Gasteiger partial charge in [0.1, 0.15) is 18.2 Å². The van der Waals surface area contributed by atoms with Crippen molar-refractivity contribution in [1.82, 2.24) is 35.7 Å². The van der Waals surface area contributed by atoms with Crippen molar-refractivity contribution >= 4 is 17.7 Å². The van der Waals surface area contributed by atoms with Crippen LogP contribution in [-0.2, 0) is 19.1 Å². The second-order valence-electron chi connectivity index (χ2n) is 8.39. The number of nitrogens with one attached hydrogen (secondary N) is 5. The van der Waals surface area contributed by atoms with Crippen LogP contribution in [0, 0.1) is 0 Å². The number of piperazine rings is 1. The van der Waals surface area contributed by atoms with Gasteiger partial charge in [-0.3, -0.25) is 28.7 Å². The summed E-state index contributed by atoms with van der Waals surface area (Å²) in [5, 5.41) is 41.6. The van der Waals surface area contributed by atoms with Crippen molar-refractivity contribution in [2.45, 2.75) is 36.6 Å². The van der Waals surface area contributed by atoms with E-state index in [1.54, 1.807) is 0 Å². The Bertz CT molecular complexity index is 1050. The third kappa shape index (κ3) is 6.15. The molecule has 2 aliphatic heterocycles. The molecule has 6 atom stereocenters. The molecule has 0 spiro atoms. The van der Waals surface area contributed by atoms with Crippen molar-refractivity contribution in [3.05, 3.63) is 33.1 Å². The van der Waals surface area contributed by atoms with Crippen LogP contribution < -0.4 is 32.5 Å². The number of nitrogens with zero attached hydrogens (tertiary/aromatic N) is 2. The highest BCUT2D eigenvalue weighted by molar-refractivity contribution is 5.89. The number of rotatable bonds is 8. The number of aliphatic hydroxyl groups is 3. The van der Waals surface area contributed by atoms with Crippen molar-refractivity contribution in [1.29, 1.82) is 0 Å². The van der Waals surface area contributed by atoms with E-state index in [-0.39, 0.29) is 6.54 Å². The molecule has 16 nitrogen and oxygen atoms in total. The second-order valence-corrected chi connectivity index (χ2v) is 8.39. The zero-order chi connectivity index (χ0) is 26.4. The van der Waals surface area contributed by atoms with E-state index in [1.165, 1.54) is 11.9 Å². The molecule has 8 N–H and O–H groups in total. The van der Waals surface area contributed by atoms with Gasteiger partial charge in [0.25, 0.3) is 11.5 Å². The molecule has 3 rings (SSSR count). The fourth-order valence-corrected chi connectivity index (χ4v) is 4.04. The Labute approximate surface area is 204 Å². The zero-order valence-corrected chi connectivity index (χ0v) is 19.5. The molecule has 1 aromatic heterocycles. The van der Waals surface area contributed by atoms with Crippen molar-refractivity contribution in [2.75, 3.05) is 46.4 Å². The summed E-state index contributed by atoms with van der Waals surface area (Å²) in [5.41, 5.74) is -1.64. The molecule has 0 saturated carbocycles. The first-order valence-corrected chi connectivity index (χ1v) is 11.4. The minimum Gasteiger partial charge on any atom is -0.394 e. The van der Waals surface area contributed by atoms with Gasteiger partial charge in [0, 0.05) is 38.4 Å². The molecule has 3 amide bonds. The highest BCUT2D eigenvalue weighted by Crippen LogP contribution is 2.28. The van der Waals surface area contributed by atoms with Crippen LogP contribution in [0.3, 0.4) is 0 Å². The van der Waals surface area contributed by atoms with E-state index in [0.29, 0.717) is 26.2 Å². The maximum Gasteiger partial charge on any atom is 0.330 e. The van der Waals surface area contributed by atoms with Gasteiger partial charge in [0.2, 0.25) is 11.8 Å². The lowest BCUT2D eigenvalue weighted by Gasteiger charge is -2.44. The lowest BCUT2D eigenvalue weighted by Crippen LogP contribution is -2.68. The molecule has 2 fully saturated rings. The monoisotopic (exact) mass is 513 g/mol. The van der Waals surface area contributed by atoms with E-state index in [1.807, 2.05) is 4.98 Å². The summed E-state index contributed by atoms with van der Waals surface area (Å²) in [6.07, 6.45) is -5.69. The lowest BCUT2D eigenvalue weighted by atomic mass is 9.93. The zero-order valence-electron chi connectivity index (χ0n) is 19.5. The normalized spacial score (nSPS) is 27.2. The van der Waals surface area contributed by atoms with Crippen LogP contribution in [0.1, 0.15) is 6.23 Å². The van der Waals surface area contributed by atoms with Crippen molar-refractivity contribution < 1.29 is 34.4 Å². The third-order valence-electron chi connectivity index (χ3n) is 5.90. The fourth-order valence-electron chi connectivity index (χ4n) is 4.04. The standard InChI is InChI=1S/C20H31N7O9/c1-21-8-12(30)23-10(9-28)17(33)25-13-14(31)15(32)19(27-5-2-11(29)24-20(27)35)36-16(13)18(34)26-6-3-22-4-7-26/h2,5,10,13-16,19,21-22,28,31-32H,3-4,6-9H2,1H3,(H,23,30)(H,25,33)(H,24,29,35)/t10-,13+,14+,15-,16+,19-/m1/s1. The Kier molecular flexibility index (Phi) is 9.30. The summed E-state index contributed by atoms with van der Waals surface area (Å²) in [6.45, 7) is 0.693. The van der Waals surface area contributed by atoms with E-state index in [4.69, 9.17) is 4.74 Å². The number of aliphatic hydroxyl groups excluding tert-OH is 3. The number of likely N-dealkylation sites (N-methyl/N-ethyl adjacent to an activating group) is 1. The molecule has 0 bridgehead atoms. The number of hydrogen-bond donors (Lipinski definition) is 8. The quantitative estimate of drug-likeness (QED) is 0.163. The summed E-state index contributed by atoms with van der Waals surface area (Å²) in [5.74, 6) is -2.13. The van der Waals surface area contributed by atoms with Gasteiger partial charge < -0.3 is 46.2 Å². The highest BCUT2D eigenvalue weighted by Gasteiger charge is 2.50. The van der Waals surface area contributed by atoms with E-state index in [0.717, 1.165) is 16.8 Å². The first-order valence-electron chi connectivity index (χ1n) is 11.4. The fraction of sp³-hybridized carbons (Fsp3) is 0.650. The van der Waals surface area contributed by atoms with Crippen LogP contribution in [0.15, 0.2) is 21.9 Å². The Hall–Kier alpha value is -3.15. The minimum absolute atomic E-state index is 0.128. The molecule has 0 aliphatic carbocycles. The first-order chi connectivity index (χ1) is 17.2. The molecule has 3 heterocycles. The van der Waals surface area contributed by atoms with Crippen LogP contribution in [-0.4, -0.2) is 124 Å². The smallest absolute Gasteiger partial charge is 0.330 e. The van der Waals surface area contributed by atoms with Crippen LogP contribution >= 0.6 is 0 Å². The maximum absolute atomic E-state index is 13.4. The number of hydrogen-bond acceptors (Lipinski definition) is 11. The van der Waals surface area contributed by atoms with Gasteiger partial charge in [-0.25, -0.2) is 4.79 Å². The summed E-state index contributed by atoms with van der Waals surface area (Å²) in [6, 6.07) is -1.91. The number of aromatic nitrogens is 2. The van der Waals surface area contributed by atoms with Crippen LogP contribution in [0.25, 0.3) is 0 Å². The van der Waals surface area contributed by atoms with Gasteiger partial charge in [-0.15, -0.1) is 0 Å². The maximum atomic E-state index is 13.4. The van der Waals surface area contributed by atoms with E-state index >= 15 is 0 Å². The van der Waals surface area contributed by atoms with Crippen molar-refractivity contribution in [3.8, 4) is 0 Å². The Morgan fingerprint density at radius 3 is 2.50 bits per heavy atom. The number of ether oxygens (including phenoxy) is 1. The second kappa shape index (κ2) is 12.2. The van der Waals surface area contributed by atoms with E-state index in [2.05, 4.69) is 21.3 Å². The summed E-state index contributed by atoms with van der Waals surface area (Å²) < 4.78 is 6.60. The third-order valence-corrected chi connectivity index (χ3v) is 5.90. The lowest BCUT2D eigenvalue weighted by molar-refractivity contribution is -0.218. The largest absolute Gasteiger partial charge is 0.394 e. The molecule has 200 valence electrons. The average molecular weight is 514 g/mol. The molecule has 0 aromatic carbocycles. The molecular weight excluding hydrogens is 482 g/mol. The minimum atomic E-state index is -1.81. The molecule has 36 heavy (non-hydrogen) atoms. The summed E-state index contributed by atoms with van der Waals surface area (Å²) in [7, 11) is 1.52. The van der Waals surface area contributed by atoms with E-state index in [9.17, 15) is 39.3 Å². The van der Waals surface area contributed by atoms with Crippen LogP contribution in [0.2, 0.25) is 0 Å². The predicted octanol–water partition coefficient (Wildman–Crippen LogP) is -6.23. The molecule has 16 heteroatoms. The summed E-state index contributed by atoms with van der Waals surface area (Å²) >= 11 is 0. The van der Waals surface area contributed by atoms with Gasteiger partial charge in [0.15, 0.2) is 12.3 Å². The Morgan fingerprint density at radius 2 is 1.89 bits per heavy atom. The van der Waals surface area contributed by atoms with Gasteiger partial charge in [-0.05, 0) is 7.05 Å². The summed E-state index contributed by atoms with van der Waals surface area (Å²) in [4.78, 5) is 65.3. The van der Waals surface area contributed by atoms with Crippen LogP contribution in [0.5, 0.6) is 0 Å². The molecule has 2 saturated heterocycles. The number of aromatic amines is 1. The highest BCUT2D eigenvalue weighted by atomic mass is 16.5. The van der Waals surface area contributed by atoms with Gasteiger partial charge in [-0.1, -0.05) is 0 Å². The van der Waals surface area contributed by atoms with Crippen molar-refractivity contribution in [3.63, 3.8) is 0 Å². The SMILES string of the molecule is CNCC(=O)N[C@H](CO)C(=O)N[C@H]1[C@H](O)[C@@H](O)[C@H](n2ccc(=O)[nH]c2=O)O[C@@H]1C(=O)N1CCNCC1. The van der Waals surface area contributed by atoms with E-state index < -0.39 is 72.2 Å². The molecule has 0 radical (unpaired) electrons. The number of carbonyl (C=O) groups excluding carboxylic acids is 3. The van der Waals surface area contributed by atoms with Crippen LogP contribution in [0.4, 0.5) is 0 Å². The predicted molar refractivity (Wildman–Crippen MR) is 122 cm³/mol. The number of carbonyl (C=O) groups is 3. The van der Waals surface area contributed by atoms with Gasteiger partial charge in [-0.2, -0.15) is 0 Å². The Morgan fingerprint density at radius 1 is 1.19 bits per heavy atom. The molecule has 2 aliphatic rings. The molecule has 1 aromatic rings.